The second kappa shape index (κ2) is 4.70. The van der Waals surface area contributed by atoms with E-state index in [2.05, 4.69) is 19.6 Å². The summed E-state index contributed by atoms with van der Waals surface area (Å²) in [7, 11) is 0. The van der Waals surface area contributed by atoms with Gasteiger partial charge in [-0.1, -0.05) is 6.07 Å². The lowest BCUT2D eigenvalue weighted by molar-refractivity contribution is 0.619. The molecule has 4 nitrogen and oxygen atoms in total. The highest BCUT2D eigenvalue weighted by molar-refractivity contribution is 6.09. The SMILES string of the molecule is ClOc1cccc(NCc2ncc[nH]2)c1. The minimum Gasteiger partial charge on any atom is -0.386 e. The normalized spacial score (nSPS) is 9.93. The zero-order chi connectivity index (χ0) is 10.5. The maximum atomic E-state index is 5.25. The summed E-state index contributed by atoms with van der Waals surface area (Å²) in [6.45, 7) is 0.638. The first-order chi connectivity index (χ1) is 7.38. The lowest BCUT2D eigenvalue weighted by Crippen LogP contribution is -2.00. The molecule has 0 aliphatic rings. The molecule has 0 atom stereocenters. The van der Waals surface area contributed by atoms with Crippen molar-refractivity contribution in [1.29, 1.82) is 0 Å². The molecule has 2 aromatic rings. The van der Waals surface area contributed by atoms with Crippen molar-refractivity contribution in [2.75, 3.05) is 5.32 Å². The van der Waals surface area contributed by atoms with Gasteiger partial charge in [-0.25, -0.2) is 4.98 Å². The Morgan fingerprint density at radius 1 is 1.47 bits per heavy atom. The Morgan fingerprint density at radius 3 is 3.13 bits per heavy atom. The molecular weight excluding hydrogens is 214 g/mol. The first-order valence-electron chi connectivity index (χ1n) is 4.49. The van der Waals surface area contributed by atoms with Crippen LogP contribution in [0.4, 0.5) is 5.69 Å². The van der Waals surface area contributed by atoms with Crippen molar-refractivity contribution in [2.45, 2.75) is 6.54 Å². The predicted molar refractivity (Wildman–Crippen MR) is 58.8 cm³/mol. The number of benzene rings is 1. The molecule has 15 heavy (non-hydrogen) atoms. The fourth-order valence-electron chi connectivity index (χ4n) is 1.23. The number of hydrogen-bond acceptors (Lipinski definition) is 3. The summed E-state index contributed by atoms with van der Waals surface area (Å²) < 4.78 is 4.60. The molecule has 0 radical (unpaired) electrons. The number of anilines is 1. The highest BCUT2D eigenvalue weighted by Gasteiger charge is 1.97. The Balaban J connectivity index is 1.98. The van der Waals surface area contributed by atoms with Gasteiger partial charge in [-0.2, -0.15) is 0 Å². The van der Waals surface area contributed by atoms with Crippen LogP contribution in [0.1, 0.15) is 5.82 Å². The molecule has 0 fully saturated rings. The van der Waals surface area contributed by atoms with Crippen LogP contribution in [0.2, 0.25) is 0 Å². The Kier molecular flexibility index (Phi) is 3.09. The van der Waals surface area contributed by atoms with Crippen LogP contribution in [0.5, 0.6) is 5.75 Å². The van der Waals surface area contributed by atoms with Crippen molar-refractivity contribution in [3.05, 3.63) is 42.5 Å². The fraction of sp³-hybridized carbons (Fsp3) is 0.100. The second-order valence-corrected chi connectivity index (χ2v) is 3.15. The molecule has 0 aliphatic carbocycles. The smallest absolute Gasteiger partial charge is 0.148 e. The van der Waals surface area contributed by atoms with Crippen LogP contribution in [0.15, 0.2) is 36.7 Å². The van der Waals surface area contributed by atoms with Gasteiger partial charge in [0, 0.05) is 24.1 Å². The van der Waals surface area contributed by atoms with Crippen molar-refractivity contribution in [2.24, 2.45) is 0 Å². The van der Waals surface area contributed by atoms with Crippen LogP contribution in [-0.2, 0) is 6.54 Å². The van der Waals surface area contributed by atoms with Crippen molar-refractivity contribution >= 4 is 17.6 Å². The Hall–Kier alpha value is -1.68. The highest BCUT2D eigenvalue weighted by atomic mass is 35.5. The lowest BCUT2D eigenvalue weighted by Gasteiger charge is -2.05. The summed E-state index contributed by atoms with van der Waals surface area (Å²) >= 11 is 5.25. The monoisotopic (exact) mass is 223 g/mol. The molecule has 0 saturated heterocycles. The molecule has 0 aliphatic heterocycles. The van der Waals surface area contributed by atoms with Crippen LogP contribution >= 0.6 is 11.9 Å². The fourth-order valence-corrected chi connectivity index (χ4v) is 1.33. The number of nitrogens with zero attached hydrogens (tertiary/aromatic N) is 1. The molecule has 0 bridgehead atoms. The van der Waals surface area contributed by atoms with E-state index >= 15 is 0 Å². The molecule has 1 aromatic carbocycles. The van der Waals surface area contributed by atoms with E-state index in [4.69, 9.17) is 11.9 Å². The predicted octanol–water partition coefficient (Wildman–Crippen LogP) is 2.55. The zero-order valence-corrected chi connectivity index (χ0v) is 8.66. The van der Waals surface area contributed by atoms with Crippen molar-refractivity contribution < 1.29 is 4.29 Å². The van der Waals surface area contributed by atoms with E-state index in [1.165, 1.54) is 0 Å². The molecule has 1 aromatic heterocycles. The summed E-state index contributed by atoms with van der Waals surface area (Å²) in [6, 6.07) is 7.39. The van der Waals surface area contributed by atoms with Crippen LogP contribution in [0.3, 0.4) is 0 Å². The van der Waals surface area contributed by atoms with E-state index in [9.17, 15) is 0 Å². The Labute approximate surface area is 92.4 Å². The molecule has 78 valence electrons. The third-order valence-corrected chi connectivity index (χ3v) is 2.12. The standard InChI is InChI=1S/C10H10ClN3O/c11-15-9-3-1-2-8(6-9)14-7-10-12-4-5-13-10/h1-6,14H,7H2,(H,12,13). The summed E-state index contributed by atoms with van der Waals surface area (Å²) in [5.41, 5.74) is 0.935. The Morgan fingerprint density at radius 2 is 2.40 bits per heavy atom. The van der Waals surface area contributed by atoms with Gasteiger partial charge >= 0.3 is 0 Å². The van der Waals surface area contributed by atoms with Gasteiger partial charge in [-0.15, -0.1) is 0 Å². The molecule has 2 rings (SSSR count). The highest BCUT2D eigenvalue weighted by Crippen LogP contribution is 2.18. The van der Waals surface area contributed by atoms with Crippen molar-refractivity contribution in [1.82, 2.24) is 9.97 Å². The van der Waals surface area contributed by atoms with E-state index in [1.54, 1.807) is 18.5 Å². The summed E-state index contributed by atoms with van der Waals surface area (Å²) in [6.07, 6.45) is 3.50. The van der Waals surface area contributed by atoms with Gasteiger partial charge in [0.25, 0.3) is 0 Å². The van der Waals surface area contributed by atoms with Crippen LogP contribution in [0, 0.1) is 0 Å². The summed E-state index contributed by atoms with van der Waals surface area (Å²) in [5.74, 6) is 1.49. The van der Waals surface area contributed by atoms with Crippen molar-refractivity contribution in [3.8, 4) is 5.75 Å². The van der Waals surface area contributed by atoms with Crippen LogP contribution in [-0.4, -0.2) is 9.97 Å². The Bertz CT molecular complexity index is 416. The number of aromatic amines is 1. The molecule has 0 saturated carbocycles. The third kappa shape index (κ3) is 2.63. The number of H-pyrrole nitrogens is 1. The zero-order valence-electron chi connectivity index (χ0n) is 7.90. The van der Waals surface area contributed by atoms with E-state index in [0.717, 1.165) is 11.5 Å². The number of halogens is 1. The molecular formula is C10H10ClN3O. The van der Waals surface area contributed by atoms with E-state index in [0.29, 0.717) is 12.3 Å². The summed E-state index contributed by atoms with van der Waals surface area (Å²) in [5, 5.41) is 3.19. The molecule has 0 spiro atoms. The maximum absolute atomic E-state index is 5.25. The van der Waals surface area contributed by atoms with Crippen LogP contribution in [0.25, 0.3) is 0 Å². The topological polar surface area (TPSA) is 49.9 Å². The number of nitrogens with one attached hydrogen (secondary N) is 2. The minimum atomic E-state index is 0.612. The van der Waals surface area contributed by atoms with Gasteiger partial charge in [-0.05, 0) is 12.1 Å². The minimum absolute atomic E-state index is 0.612. The molecule has 2 N–H and O–H groups in total. The number of imidazole rings is 1. The van der Waals surface area contributed by atoms with Gasteiger partial charge in [-0.3, -0.25) is 0 Å². The molecule has 0 amide bonds. The quantitative estimate of drug-likeness (QED) is 0.838. The lowest BCUT2D eigenvalue weighted by atomic mass is 10.3. The van der Waals surface area contributed by atoms with Gasteiger partial charge < -0.3 is 14.6 Å². The van der Waals surface area contributed by atoms with Gasteiger partial charge in [0.1, 0.15) is 23.4 Å². The van der Waals surface area contributed by atoms with Gasteiger partial charge in [0.15, 0.2) is 0 Å². The first-order valence-corrected chi connectivity index (χ1v) is 4.80. The van der Waals surface area contributed by atoms with E-state index < -0.39 is 0 Å². The van der Waals surface area contributed by atoms with E-state index in [-0.39, 0.29) is 0 Å². The molecule has 0 unspecified atom stereocenters. The molecule has 1 heterocycles. The maximum Gasteiger partial charge on any atom is 0.148 e. The average Bonchev–Trinajstić information content (AvgIpc) is 2.79. The van der Waals surface area contributed by atoms with Crippen LogP contribution < -0.4 is 9.61 Å². The second-order valence-electron chi connectivity index (χ2n) is 2.99. The number of aromatic nitrogens is 2. The number of hydrogen-bond donors (Lipinski definition) is 2. The van der Waals surface area contributed by atoms with E-state index in [1.807, 2.05) is 18.2 Å². The third-order valence-electron chi connectivity index (χ3n) is 1.94. The molecule has 5 heteroatoms. The summed E-state index contributed by atoms with van der Waals surface area (Å²) in [4.78, 5) is 7.10. The average molecular weight is 224 g/mol. The van der Waals surface area contributed by atoms with Gasteiger partial charge in [0.05, 0.1) is 6.54 Å². The van der Waals surface area contributed by atoms with Crippen molar-refractivity contribution in [3.63, 3.8) is 0 Å². The number of rotatable bonds is 4. The van der Waals surface area contributed by atoms with Gasteiger partial charge in [0.2, 0.25) is 0 Å². The largest absolute Gasteiger partial charge is 0.386 e. The first kappa shape index (κ1) is 9.86.